The monoisotopic (exact) mass is 467 g/mol. The predicted octanol–water partition coefficient (Wildman–Crippen LogP) is 5.55. The van der Waals surface area contributed by atoms with Crippen molar-refractivity contribution in [1.82, 2.24) is 10.3 Å². The number of aromatic nitrogens is 1. The van der Waals surface area contributed by atoms with E-state index in [0.29, 0.717) is 29.8 Å². The maximum Gasteiger partial charge on any atom is 0.255 e. The summed E-state index contributed by atoms with van der Waals surface area (Å²) in [7, 11) is 0. The number of hydrogen-bond donors (Lipinski definition) is 2. The Bertz CT molecular complexity index is 1320. The van der Waals surface area contributed by atoms with E-state index in [4.69, 9.17) is 4.42 Å². The molecule has 2 aliphatic rings. The molecular formula is C29H29N3O3. The van der Waals surface area contributed by atoms with Crippen molar-refractivity contribution in [3.8, 4) is 0 Å². The van der Waals surface area contributed by atoms with Crippen LogP contribution in [0.5, 0.6) is 0 Å². The first-order chi connectivity index (χ1) is 16.9. The number of nitrogens with one attached hydrogen (secondary N) is 2. The summed E-state index contributed by atoms with van der Waals surface area (Å²) in [5.74, 6) is 0.596. The molecule has 1 amide bonds. The van der Waals surface area contributed by atoms with Crippen LogP contribution in [-0.4, -0.2) is 16.7 Å². The van der Waals surface area contributed by atoms with Gasteiger partial charge in [0.1, 0.15) is 11.6 Å². The Balaban J connectivity index is 1.55. The van der Waals surface area contributed by atoms with Gasteiger partial charge in [-0.15, -0.1) is 0 Å². The maximum atomic E-state index is 13.6. The van der Waals surface area contributed by atoms with E-state index in [0.717, 1.165) is 34.7 Å². The van der Waals surface area contributed by atoms with Crippen molar-refractivity contribution in [3.05, 3.63) is 106 Å². The van der Waals surface area contributed by atoms with Gasteiger partial charge in [-0.25, -0.2) is 4.98 Å². The molecule has 0 spiro atoms. The lowest BCUT2D eigenvalue weighted by Gasteiger charge is -2.36. The Morgan fingerprint density at radius 1 is 1.11 bits per heavy atom. The van der Waals surface area contributed by atoms with Crippen LogP contribution in [0.25, 0.3) is 0 Å². The van der Waals surface area contributed by atoms with Gasteiger partial charge < -0.3 is 15.1 Å². The van der Waals surface area contributed by atoms with E-state index in [1.807, 2.05) is 44.2 Å². The molecular weight excluding hydrogens is 438 g/mol. The molecule has 0 fully saturated rings. The van der Waals surface area contributed by atoms with Gasteiger partial charge in [0.15, 0.2) is 5.78 Å². The predicted molar refractivity (Wildman–Crippen MR) is 135 cm³/mol. The first kappa shape index (κ1) is 22.8. The summed E-state index contributed by atoms with van der Waals surface area (Å²) in [4.78, 5) is 31.5. The number of amides is 1. The molecule has 2 atom stereocenters. The van der Waals surface area contributed by atoms with Crippen molar-refractivity contribution in [1.29, 1.82) is 0 Å². The van der Waals surface area contributed by atoms with Crippen molar-refractivity contribution >= 4 is 17.5 Å². The number of allylic oxidation sites excluding steroid dienone is 3. The van der Waals surface area contributed by atoms with Crippen molar-refractivity contribution < 1.29 is 14.0 Å². The molecule has 0 saturated heterocycles. The molecule has 6 nitrogen and oxygen atoms in total. The third-order valence-corrected chi connectivity index (χ3v) is 6.89. The zero-order chi connectivity index (χ0) is 24.5. The van der Waals surface area contributed by atoms with Crippen LogP contribution in [0.2, 0.25) is 0 Å². The highest BCUT2D eigenvalue weighted by molar-refractivity contribution is 6.09. The number of anilines is 1. The van der Waals surface area contributed by atoms with Crippen LogP contribution in [0.4, 0.5) is 5.82 Å². The van der Waals surface area contributed by atoms with Gasteiger partial charge >= 0.3 is 0 Å². The zero-order valence-corrected chi connectivity index (χ0v) is 20.2. The Labute approximate surface area is 205 Å². The molecule has 0 bridgehead atoms. The zero-order valence-electron chi connectivity index (χ0n) is 20.2. The number of rotatable bonds is 5. The molecule has 1 aliphatic carbocycles. The SMILES string of the molecule is CCc1ccc(C2C(C(=O)Nc3ccc(C)cn3)=C(C)NC3=C2C(=O)CC(c2ccco2)C3)cc1. The largest absolute Gasteiger partial charge is 0.469 e. The molecule has 35 heavy (non-hydrogen) atoms. The topological polar surface area (TPSA) is 84.2 Å². The van der Waals surface area contributed by atoms with Gasteiger partial charge in [0.05, 0.1) is 6.26 Å². The van der Waals surface area contributed by atoms with Crippen LogP contribution in [0.1, 0.15) is 61.0 Å². The fourth-order valence-electron chi connectivity index (χ4n) is 5.07. The second-order valence-corrected chi connectivity index (χ2v) is 9.30. The molecule has 6 heteroatoms. The summed E-state index contributed by atoms with van der Waals surface area (Å²) in [6.07, 6.45) is 5.29. The number of hydrogen-bond acceptors (Lipinski definition) is 5. The first-order valence-electron chi connectivity index (χ1n) is 12.0. The quantitative estimate of drug-likeness (QED) is 0.514. The van der Waals surface area contributed by atoms with Crippen molar-refractivity contribution in [2.75, 3.05) is 5.32 Å². The third-order valence-electron chi connectivity index (χ3n) is 6.89. The maximum absolute atomic E-state index is 13.6. The molecule has 3 heterocycles. The fourth-order valence-corrected chi connectivity index (χ4v) is 5.07. The van der Waals surface area contributed by atoms with E-state index < -0.39 is 5.92 Å². The number of furan rings is 1. The number of nitrogens with zero attached hydrogens (tertiary/aromatic N) is 1. The van der Waals surface area contributed by atoms with Crippen molar-refractivity contribution in [3.63, 3.8) is 0 Å². The van der Waals surface area contributed by atoms with Crippen LogP contribution in [0, 0.1) is 6.92 Å². The van der Waals surface area contributed by atoms with E-state index in [-0.39, 0.29) is 17.6 Å². The van der Waals surface area contributed by atoms with E-state index in [1.54, 1.807) is 18.5 Å². The first-order valence-corrected chi connectivity index (χ1v) is 12.0. The van der Waals surface area contributed by atoms with Crippen molar-refractivity contribution in [2.24, 2.45) is 0 Å². The van der Waals surface area contributed by atoms with Crippen LogP contribution >= 0.6 is 0 Å². The van der Waals surface area contributed by atoms with Crippen LogP contribution in [0.3, 0.4) is 0 Å². The highest BCUT2D eigenvalue weighted by atomic mass is 16.3. The number of pyridine rings is 1. The molecule has 3 aromatic rings. The Morgan fingerprint density at radius 3 is 2.57 bits per heavy atom. The van der Waals surface area contributed by atoms with Gasteiger partial charge in [-0.1, -0.05) is 37.3 Å². The number of ketones is 1. The Hall–Kier alpha value is -3.93. The molecule has 5 rings (SSSR count). The number of Topliss-reactive ketones (excluding diaryl/α,β-unsaturated/α-hetero) is 1. The second kappa shape index (κ2) is 9.37. The van der Waals surface area contributed by atoms with Gasteiger partial charge in [0, 0.05) is 47.0 Å². The van der Waals surface area contributed by atoms with Gasteiger partial charge in [-0.3, -0.25) is 9.59 Å². The summed E-state index contributed by atoms with van der Waals surface area (Å²) in [5, 5.41) is 6.34. The molecule has 2 aromatic heterocycles. The lowest BCUT2D eigenvalue weighted by Crippen LogP contribution is -2.37. The highest BCUT2D eigenvalue weighted by Crippen LogP contribution is 2.45. The summed E-state index contributed by atoms with van der Waals surface area (Å²) in [6.45, 7) is 5.96. The Kier molecular flexibility index (Phi) is 6.12. The minimum atomic E-state index is -0.451. The highest BCUT2D eigenvalue weighted by Gasteiger charge is 2.41. The van der Waals surface area contributed by atoms with Crippen molar-refractivity contribution in [2.45, 2.75) is 51.9 Å². The van der Waals surface area contributed by atoms with Crippen LogP contribution < -0.4 is 10.6 Å². The lowest BCUT2D eigenvalue weighted by molar-refractivity contribution is -0.116. The van der Waals surface area contributed by atoms with Crippen LogP contribution in [-0.2, 0) is 16.0 Å². The summed E-state index contributed by atoms with van der Waals surface area (Å²) in [6, 6.07) is 15.7. The molecule has 178 valence electrons. The van der Waals surface area contributed by atoms with Gasteiger partial charge in [0.2, 0.25) is 0 Å². The summed E-state index contributed by atoms with van der Waals surface area (Å²) >= 11 is 0. The van der Waals surface area contributed by atoms with Gasteiger partial charge in [0.25, 0.3) is 5.91 Å². The van der Waals surface area contributed by atoms with E-state index in [1.165, 1.54) is 5.56 Å². The molecule has 1 aliphatic heterocycles. The minimum absolute atomic E-state index is 0.0215. The standard InChI is InChI=1S/C29H29N3O3/c1-4-19-8-10-20(11-9-19)27-26(29(34)32-25-12-7-17(2)16-30-25)18(3)31-22-14-21(15-23(33)28(22)27)24-6-5-13-35-24/h5-13,16,21,27,31H,4,14-15H2,1-3H3,(H,30,32,34). The fraction of sp³-hybridized carbons (Fsp3) is 0.276. The normalized spacial score (nSPS) is 19.9. The number of carbonyl (C=O) groups excluding carboxylic acids is 2. The third kappa shape index (κ3) is 4.44. The smallest absolute Gasteiger partial charge is 0.255 e. The summed E-state index contributed by atoms with van der Waals surface area (Å²) < 4.78 is 5.61. The number of dihydropyridines is 1. The number of carbonyl (C=O) groups is 2. The molecule has 0 radical (unpaired) electrons. The second-order valence-electron chi connectivity index (χ2n) is 9.30. The molecule has 2 N–H and O–H groups in total. The average Bonchev–Trinajstić information content (AvgIpc) is 3.39. The summed E-state index contributed by atoms with van der Waals surface area (Å²) in [5.41, 5.74) is 5.98. The van der Waals surface area contributed by atoms with Crippen LogP contribution in [0.15, 0.2) is 87.9 Å². The Morgan fingerprint density at radius 2 is 1.91 bits per heavy atom. The lowest BCUT2D eigenvalue weighted by atomic mass is 9.72. The van der Waals surface area contributed by atoms with Gasteiger partial charge in [-0.05, 0) is 61.6 Å². The van der Waals surface area contributed by atoms with Gasteiger partial charge in [-0.2, -0.15) is 0 Å². The van der Waals surface area contributed by atoms with E-state index in [9.17, 15) is 9.59 Å². The van der Waals surface area contributed by atoms with E-state index >= 15 is 0 Å². The number of aryl methyl sites for hydroxylation is 2. The average molecular weight is 468 g/mol. The number of benzene rings is 1. The molecule has 0 saturated carbocycles. The molecule has 2 unspecified atom stereocenters. The minimum Gasteiger partial charge on any atom is -0.469 e. The van der Waals surface area contributed by atoms with E-state index in [2.05, 4.69) is 34.7 Å². The molecule has 1 aromatic carbocycles.